The minimum Gasteiger partial charge on any atom is -0.308 e. The van der Waals surface area contributed by atoms with E-state index >= 15 is 0 Å². The number of benzene rings is 1. The number of amides is 1. The molecule has 5 nitrogen and oxygen atoms in total. The van der Waals surface area contributed by atoms with Crippen LogP contribution in [0.3, 0.4) is 0 Å². The molecule has 1 unspecified atom stereocenters. The van der Waals surface area contributed by atoms with Gasteiger partial charge in [-0.25, -0.2) is 4.98 Å². The summed E-state index contributed by atoms with van der Waals surface area (Å²) >= 11 is 2.86. The number of nitrogens with zero attached hydrogens (tertiary/aromatic N) is 3. The number of carbonyl (C=O) groups is 1. The average Bonchev–Trinajstić information content (AvgIpc) is 3.12. The van der Waals surface area contributed by atoms with Gasteiger partial charge in [-0.1, -0.05) is 30.0 Å². The van der Waals surface area contributed by atoms with Gasteiger partial charge >= 0.3 is 0 Å². The predicted molar refractivity (Wildman–Crippen MR) is 112 cm³/mol. The molecule has 0 spiro atoms. The van der Waals surface area contributed by atoms with E-state index in [0.29, 0.717) is 10.5 Å². The van der Waals surface area contributed by atoms with E-state index < -0.39 is 0 Å². The van der Waals surface area contributed by atoms with Crippen molar-refractivity contribution in [3.8, 4) is 0 Å². The Morgan fingerprint density at radius 3 is 2.85 bits per heavy atom. The lowest BCUT2D eigenvalue weighted by Gasteiger charge is -2.22. The number of aromatic nitrogens is 2. The van der Waals surface area contributed by atoms with Crippen molar-refractivity contribution >= 4 is 44.9 Å². The molecule has 7 heteroatoms. The topological polar surface area (TPSA) is 55.2 Å². The summed E-state index contributed by atoms with van der Waals surface area (Å²) in [7, 11) is 1.72. The zero-order chi connectivity index (χ0) is 19.3. The van der Waals surface area contributed by atoms with Gasteiger partial charge in [0.1, 0.15) is 4.83 Å². The van der Waals surface area contributed by atoms with Crippen LogP contribution in [0, 0.1) is 13.8 Å². The van der Waals surface area contributed by atoms with Crippen LogP contribution in [0.25, 0.3) is 10.2 Å². The van der Waals surface area contributed by atoms with E-state index in [1.54, 1.807) is 11.6 Å². The van der Waals surface area contributed by atoms with Gasteiger partial charge in [-0.2, -0.15) is 0 Å². The number of rotatable bonds is 3. The molecule has 0 bridgehead atoms. The van der Waals surface area contributed by atoms with Crippen molar-refractivity contribution in [2.45, 2.75) is 38.4 Å². The van der Waals surface area contributed by atoms with Crippen LogP contribution in [0.15, 0.2) is 34.2 Å². The van der Waals surface area contributed by atoms with E-state index in [0.717, 1.165) is 27.4 Å². The molecule has 0 saturated carbocycles. The van der Waals surface area contributed by atoms with E-state index in [4.69, 9.17) is 0 Å². The molecule has 0 radical (unpaired) electrons. The molecule has 27 heavy (non-hydrogen) atoms. The van der Waals surface area contributed by atoms with Gasteiger partial charge in [0.05, 0.1) is 11.1 Å². The maximum absolute atomic E-state index is 12.9. The Morgan fingerprint density at radius 2 is 2.07 bits per heavy atom. The van der Waals surface area contributed by atoms with Gasteiger partial charge in [-0.05, 0) is 44.4 Å². The SMILES string of the molecule is Cc1sc2nc(SCC(=O)N3c4ccccc4CC3C)n(C)c(=O)c2c1C. The molecule has 0 fully saturated rings. The number of carbonyl (C=O) groups excluding carboxylic acids is 1. The first-order chi connectivity index (χ1) is 12.9. The van der Waals surface area contributed by atoms with Crippen molar-refractivity contribution in [1.29, 1.82) is 0 Å². The lowest BCUT2D eigenvalue weighted by molar-refractivity contribution is -0.116. The van der Waals surface area contributed by atoms with Crippen LogP contribution in [0.4, 0.5) is 5.69 Å². The molecular weight excluding hydrogens is 378 g/mol. The highest BCUT2D eigenvalue weighted by Crippen LogP contribution is 2.33. The van der Waals surface area contributed by atoms with Crippen LogP contribution in [-0.2, 0) is 18.3 Å². The fourth-order valence-corrected chi connectivity index (χ4v) is 5.53. The minimum atomic E-state index is -0.0447. The first kappa shape index (κ1) is 18.3. The molecule has 0 N–H and O–H groups in total. The van der Waals surface area contributed by atoms with Crippen molar-refractivity contribution in [3.63, 3.8) is 0 Å². The van der Waals surface area contributed by atoms with Crippen LogP contribution in [-0.4, -0.2) is 27.3 Å². The zero-order valence-electron chi connectivity index (χ0n) is 15.8. The highest BCUT2D eigenvalue weighted by Gasteiger charge is 2.30. The van der Waals surface area contributed by atoms with Crippen LogP contribution in [0.1, 0.15) is 22.9 Å². The van der Waals surface area contributed by atoms with Gasteiger partial charge in [-0.15, -0.1) is 11.3 Å². The second-order valence-electron chi connectivity index (χ2n) is 6.96. The third kappa shape index (κ3) is 2.99. The summed E-state index contributed by atoms with van der Waals surface area (Å²) in [5, 5.41) is 1.28. The van der Waals surface area contributed by atoms with Crippen molar-refractivity contribution in [1.82, 2.24) is 9.55 Å². The van der Waals surface area contributed by atoms with Crippen LogP contribution < -0.4 is 10.5 Å². The molecule has 140 valence electrons. The molecule has 1 atom stereocenters. The minimum absolute atomic E-state index is 0.0447. The molecule has 3 aromatic rings. The molecular formula is C20H21N3O2S2. The second-order valence-corrected chi connectivity index (χ2v) is 9.10. The lowest BCUT2D eigenvalue weighted by Crippen LogP contribution is -2.37. The van der Waals surface area contributed by atoms with E-state index in [2.05, 4.69) is 18.0 Å². The predicted octanol–water partition coefficient (Wildman–Crippen LogP) is 3.68. The maximum atomic E-state index is 12.9. The van der Waals surface area contributed by atoms with E-state index in [9.17, 15) is 9.59 Å². The quantitative estimate of drug-likeness (QED) is 0.498. The largest absolute Gasteiger partial charge is 0.308 e. The smallest absolute Gasteiger partial charge is 0.262 e. The van der Waals surface area contributed by atoms with Gasteiger partial charge in [0, 0.05) is 23.7 Å². The normalized spacial score (nSPS) is 16.1. The van der Waals surface area contributed by atoms with Gasteiger partial charge in [0.15, 0.2) is 5.16 Å². The first-order valence-electron chi connectivity index (χ1n) is 8.88. The molecule has 3 heterocycles. The van der Waals surface area contributed by atoms with Gasteiger partial charge < -0.3 is 4.90 Å². The van der Waals surface area contributed by atoms with E-state index in [1.807, 2.05) is 36.9 Å². The number of hydrogen-bond acceptors (Lipinski definition) is 5. The third-order valence-corrected chi connectivity index (χ3v) is 7.29. The van der Waals surface area contributed by atoms with Gasteiger partial charge in [0.25, 0.3) is 5.56 Å². The molecule has 1 aliphatic rings. The number of anilines is 1. The number of hydrogen-bond donors (Lipinski definition) is 0. The number of thioether (sulfide) groups is 1. The van der Waals surface area contributed by atoms with Crippen LogP contribution >= 0.6 is 23.1 Å². The number of aryl methyl sites for hydroxylation is 2. The Kier molecular flexibility index (Phi) is 4.60. The highest BCUT2D eigenvalue weighted by molar-refractivity contribution is 7.99. The molecule has 4 rings (SSSR count). The summed E-state index contributed by atoms with van der Waals surface area (Å²) in [6.45, 7) is 6.03. The fraction of sp³-hybridized carbons (Fsp3) is 0.350. The van der Waals surface area contributed by atoms with E-state index in [1.165, 1.54) is 28.7 Å². The Balaban J connectivity index is 1.60. The molecule has 1 aliphatic heterocycles. The summed E-state index contributed by atoms with van der Waals surface area (Å²) < 4.78 is 1.56. The van der Waals surface area contributed by atoms with Crippen molar-refractivity contribution in [3.05, 3.63) is 50.6 Å². The Bertz CT molecular complexity index is 1120. The van der Waals surface area contributed by atoms with Gasteiger partial charge in [-0.3, -0.25) is 14.2 Å². The number of thiophene rings is 1. The highest BCUT2D eigenvalue weighted by atomic mass is 32.2. The monoisotopic (exact) mass is 399 g/mol. The van der Waals surface area contributed by atoms with Crippen molar-refractivity contribution in [2.75, 3.05) is 10.7 Å². The van der Waals surface area contributed by atoms with Crippen LogP contribution in [0.2, 0.25) is 0 Å². The Morgan fingerprint density at radius 1 is 1.33 bits per heavy atom. The number of fused-ring (bicyclic) bond motifs is 2. The zero-order valence-corrected chi connectivity index (χ0v) is 17.4. The van der Waals surface area contributed by atoms with Crippen LogP contribution in [0.5, 0.6) is 0 Å². The summed E-state index contributed by atoms with van der Waals surface area (Å²) in [5.41, 5.74) is 3.16. The third-order valence-electron chi connectivity index (χ3n) is 5.17. The molecule has 1 amide bonds. The van der Waals surface area contributed by atoms with Crippen molar-refractivity contribution < 1.29 is 4.79 Å². The fourth-order valence-electron chi connectivity index (χ4n) is 3.63. The van der Waals surface area contributed by atoms with Gasteiger partial charge in [0.2, 0.25) is 5.91 Å². The lowest BCUT2D eigenvalue weighted by atomic mass is 10.1. The molecule has 1 aromatic carbocycles. The molecule has 2 aromatic heterocycles. The average molecular weight is 400 g/mol. The summed E-state index contributed by atoms with van der Waals surface area (Å²) in [5.74, 6) is 0.304. The summed E-state index contributed by atoms with van der Waals surface area (Å²) in [6.07, 6.45) is 0.878. The second kappa shape index (κ2) is 6.80. The Labute approximate surface area is 166 Å². The standard InChI is InChI=1S/C20H21N3O2S2/c1-11-9-14-7-5-6-8-15(14)23(11)16(24)10-26-20-21-18-17(19(25)22(20)4)12(2)13(3)27-18/h5-8,11H,9-10H2,1-4H3. The van der Waals surface area contributed by atoms with E-state index in [-0.39, 0.29) is 23.3 Å². The molecule has 0 saturated heterocycles. The Hall–Kier alpha value is -2.12. The number of para-hydroxylation sites is 1. The summed E-state index contributed by atoms with van der Waals surface area (Å²) in [6, 6.07) is 8.20. The molecule has 0 aliphatic carbocycles. The van der Waals surface area contributed by atoms with Crippen molar-refractivity contribution in [2.24, 2.45) is 7.05 Å². The maximum Gasteiger partial charge on any atom is 0.262 e. The summed E-state index contributed by atoms with van der Waals surface area (Å²) in [4.78, 5) is 34.0. The first-order valence-corrected chi connectivity index (χ1v) is 10.7.